The number of rotatable bonds is 2. The van der Waals surface area contributed by atoms with E-state index in [0.29, 0.717) is 0 Å². The van der Waals surface area contributed by atoms with E-state index in [-0.39, 0.29) is 18.6 Å². The van der Waals surface area contributed by atoms with Gasteiger partial charge in [-0.25, -0.2) is 0 Å². The molecule has 3 N–H and O–H groups in total. The summed E-state index contributed by atoms with van der Waals surface area (Å²) < 4.78 is 0. The standard InChI is InChI=1S/C12H17ClN2O/c1-7-10(13)4-3-8-9(11(14)6-16)5-15(2)12(7)8/h3-4,9,11,16H,5-6,14H2,1-2H3. The number of likely N-dealkylation sites (N-methyl/N-ethyl adjacent to an activating group) is 1. The molecule has 0 aliphatic carbocycles. The number of halogens is 1. The first-order valence-corrected chi connectivity index (χ1v) is 5.80. The molecule has 4 heteroatoms. The molecule has 0 saturated heterocycles. The van der Waals surface area contributed by atoms with Crippen molar-refractivity contribution in [1.29, 1.82) is 0 Å². The fourth-order valence-corrected chi connectivity index (χ4v) is 2.63. The summed E-state index contributed by atoms with van der Waals surface area (Å²) in [5, 5.41) is 9.94. The van der Waals surface area contributed by atoms with Gasteiger partial charge in [0.25, 0.3) is 0 Å². The monoisotopic (exact) mass is 240 g/mol. The van der Waals surface area contributed by atoms with E-state index in [1.165, 1.54) is 11.3 Å². The second kappa shape index (κ2) is 4.24. The highest BCUT2D eigenvalue weighted by Crippen LogP contribution is 2.41. The molecule has 1 aromatic rings. The van der Waals surface area contributed by atoms with Gasteiger partial charge in [-0.1, -0.05) is 17.7 Å². The van der Waals surface area contributed by atoms with Gasteiger partial charge in [-0.2, -0.15) is 0 Å². The summed E-state index contributed by atoms with van der Waals surface area (Å²) in [6, 6.07) is 3.73. The van der Waals surface area contributed by atoms with Gasteiger partial charge in [0.1, 0.15) is 0 Å². The van der Waals surface area contributed by atoms with E-state index >= 15 is 0 Å². The van der Waals surface area contributed by atoms with Gasteiger partial charge in [-0.05, 0) is 24.1 Å². The summed E-state index contributed by atoms with van der Waals surface area (Å²) in [6.45, 7) is 2.88. The number of fused-ring (bicyclic) bond motifs is 1. The Morgan fingerprint density at radius 3 is 2.94 bits per heavy atom. The number of aliphatic hydroxyl groups is 1. The van der Waals surface area contributed by atoms with Gasteiger partial charge in [0.15, 0.2) is 0 Å². The molecule has 1 aliphatic heterocycles. The summed E-state index contributed by atoms with van der Waals surface area (Å²) in [6.07, 6.45) is 0. The Kier molecular flexibility index (Phi) is 3.10. The van der Waals surface area contributed by atoms with Crippen molar-refractivity contribution in [3.8, 4) is 0 Å². The minimum Gasteiger partial charge on any atom is -0.395 e. The van der Waals surface area contributed by atoms with E-state index in [1.54, 1.807) is 0 Å². The summed E-state index contributed by atoms with van der Waals surface area (Å²) in [5.41, 5.74) is 9.39. The molecular formula is C12H17ClN2O. The molecule has 88 valence electrons. The number of hydrogen-bond donors (Lipinski definition) is 2. The molecule has 0 radical (unpaired) electrons. The Balaban J connectivity index is 2.47. The minimum atomic E-state index is -0.204. The van der Waals surface area contributed by atoms with E-state index in [0.717, 1.165) is 17.1 Å². The van der Waals surface area contributed by atoms with Gasteiger partial charge >= 0.3 is 0 Å². The Hall–Kier alpha value is -0.770. The van der Waals surface area contributed by atoms with Crippen LogP contribution in [0.5, 0.6) is 0 Å². The lowest BCUT2D eigenvalue weighted by atomic mass is 9.93. The van der Waals surface area contributed by atoms with Crippen molar-refractivity contribution in [1.82, 2.24) is 0 Å². The third-order valence-corrected chi connectivity index (χ3v) is 3.78. The van der Waals surface area contributed by atoms with Crippen LogP contribution < -0.4 is 10.6 Å². The van der Waals surface area contributed by atoms with E-state index in [1.807, 2.05) is 26.1 Å². The SMILES string of the molecule is Cc1c(Cl)ccc2c1N(C)CC2C(N)CO. The third kappa shape index (κ3) is 1.69. The minimum absolute atomic E-state index is 0.0135. The summed E-state index contributed by atoms with van der Waals surface area (Å²) in [4.78, 5) is 2.16. The summed E-state index contributed by atoms with van der Waals surface area (Å²) >= 11 is 6.11. The maximum Gasteiger partial charge on any atom is 0.0589 e. The smallest absolute Gasteiger partial charge is 0.0589 e. The number of benzene rings is 1. The number of aliphatic hydroxyl groups excluding tert-OH is 1. The quantitative estimate of drug-likeness (QED) is 0.824. The zero-order valence-corrected chi connectivity index (χ0v) is 10.3. The van der Waals surface area contributed by atoms with Crippen molar-refractivity contribution in [3.05, 3.63) is 28.3 Å². The summed E-state index contributed by atoms with van der Waals surface area (Å²) in [5.74, 6) is 0.195. The second-order valence-electron chi connectivity index (χ2n) is 4.44. The Bertz CT molecular complexity index is 408. The topological polar surface area (TPSA) is 49.5 Å². The zero-order valence-electron chi connectivity index (χ0n) is 9.57. The average Bonchev–Trinajstić information content (AvgIpc) is 2.61. The van der Waals surface area contributed by atoms with E-state index in [2.05, 4.69) is 4.90 Å². The molecular weight excluding hydrogens is 224 g/mol. The maximum absolute atomic E-state index is 9.16. The average molecular weight is 241 g/mol. The van der Waals surface area contributed by atoms with Gasteiger partial charge in [0.05, 0.1) is 6.61 Å². The van der Waals surface area contributed by atoms with Crippen LogP contribution in [-0.2, 0) is 0 Å². The van der Waals surface area contributed by atoms with Crippen molar-refractivity contribution >= 4 is 17.3 Å². The molecule has 16 heavy (non-hydrogen) atoms. The highest BCUT2D eigenvalue weighted by atomic mass is 35.5. The van der Waals surface area contributed by atoms with Crippen molar-refractivity contribution in [2.24, 2.45) is 5.73 Å². The van der Waals surface area contributed by atoms with Crippen LogP contribution in [0, 0.1) is 6.92 Å². The van der Waals surface area contributed by atoms with Crippen LogP contribution in [0.4, 0.5) is 5.69 Å². The molecule has 0 spiro atoms. The van der Waals surface area contributed by atoms with Gasteiger partial charge < -0.3 is 15.7 Å². The molecule has 0 aromatic heterocycles. The fraction of sp³-hybridized carbons (Fsp3) is 0.500. The highest BCUT2D eigenvalue weighted by molar-refractivity contribution is 6.31. The lowest BCUT2D eigenvalue weighted by Crippen LogP contribution is -2.34. The molecule has 0 fully saturated rings. The lowest BCUT2D eigenvalue weighted by Gasteiger charge is -2.17. The Labute approximate surface area is 101 Å². The molecule has 1 aromatic carbocycles. The van der Waals surface area contributed by atoms with Crippen molar-refractivity contribution < 1.29 is 5.11 Å². The van der Waals surface area contributed by atoms with Crippen LogP contribution in [-0.4, -0.2) is 31.3 Å². The first-order chi connectivity index (χ1) is 7.56. The van der Waals surface area contributed by atoms with Gasteiger partial charge in [-0.15, -0.1) is 0 Å². The van der Waals surface area contributed by atoms with Crippen LogP contribution in [0.1, 0.15) is 17.0 Å². The predicted molar refractivity (Wildman–Crippen MR) is 67.3 cm³/mol. The van der Waals surface area contributed by atoms with Crippen molar-refractivity contribution in [2.45, 2.75) is 18.9 Å². The second-order valence-corrected chi connectivity index (χ2v) is 4.85. The lowest BCUT2D eigenvalue weighted by molar-refractivity contribution is 0.251. The number of hydrogen-bond acceptors (Lipinski definition) is 3. The summed E-state index contributed by atoms with van der Waals surface area (Å²) in [7, 11) is 2.03. The molecule has 0 amide bonds. The zero-order chi connectivity index (χ0) is 11.9. The van der Waals surface area contributed by atoms with Crippen molar-refractivity contribution in [2.75, 3.05) is 25.1 Å². The molecule has 2 atom stereocenters. The maximum atomic E-state index is 9.16. The molecule has 0 saturated carbocycles. The van der Waals surface area contributed by atoms with Crippen LogP contribution in [0.2, 0.25) is 5.02 Å². The number of anilines is 1. The normalized spacial score (nSPS) is 21.1. The third-order valence-electron chi connectivity index (χ3n) is 3.38. The van der Waals surface area contributed by atoms with Crippen LogP contribution >= 0.6 is 11.6 Å². The Morgan fingerprint density at radius 2 is 2.31 bits per heavy atom. The van der Waals surface area contributed by atoms with Gasteiger partial charge in [0.2, 0.25) is 0 Å². The van der Waals surface area contributed by atoms with E-state index in [4.69, 9.17) is 22.4 Å². The van der Waals surface area contributed by atoms with Gasteiger partial charge in [-0.3, -0.25) is 0 Å². The van der Waals surface area contributed by atoms with Gasteiger partial charge in [0, 0.05) is 36.3 Å². The van der Waals surface area contributed by atoms with Crippen LogP contribution in [0.15, 0.2) is 12.1 Å². The Morgan fingerprint density at radius 1 is 1.62 bits per heavy atom. The molecule has 0 bridgehead atoms. The van der Waals surface area contributed by atoms with Crippen molar-refractivity contribution in [3.63, 3.8) is 0 Å². The predicted octanol–water partition coefficient (Wildman–Crippen LogP) is 1.50. The first kappa shape index (κ1) is 11.7. The molecule has 3 nitrogen and oxygen atoms in total. The molecule has 1 heterocycles. The highest BCUT2D eigenvalue weighted by Gasteiger charge is 2.32. The number of nitrogens with zero attached hydrogens (tertiary/aromatic N) is 1. The van der Waals surface area contributed by atoms with Crippen LogP contribution in [0.3, 0.4) is 0 Å². The largest absolute Gasteiger partial charge is 0.395 e. The fourth-order valence-electron chi connectivity index (χ4n) is 2.48. The van der Waals surface area contributed by atoms with Crippen LogP contribution in [0.25, 0.3) is 0 Å². The first-order valence-electron chi connectivity index (χ1n) is 5.42. The van der Waals surface area contributed by atoms with E-state index in [9.17, 15) is 0 Å². The molecule has 2 rings (SSSR count). The molecule has 1 aliphatic rings. The van der Waals surface area contributed by atoms with E-state index < -0.39 is 0 Å². The molecule has 2 unspecified atom stereocenters. The number of nitrogens with two attached hydrogens (primary N) is 1.